The molecular weight excluding hydrogens is 250 g/mol. The topological polar surface area (TPSA) is 58.4 Å². The van der Waals surface area contributed by atoms with Crippen LogP contribution in [0.3, 0.4) is 0 Å². The highest BCUT2D eigenvalue weighted by Gasteiger charge is 2.41. The van der Waals surface area contributed by atoms with Crippen LogP contribution in [0.1, 0.15) is 53.4 Å². The number of rotatable bonds is 7. The molecule has 0 aromatic heterocycles. The van der Waals surface area contributed by atoms with Gasteiger partial charge >= 0.3 is 0 Å². The van der Waals surface area contributed by atoms with E-state index in [4.69, 9.17) is 5.73 Å². The van der Waals surface area contributed by atoms with Crippen molar-refractivity contribution in [3.63, 3.8) is 0 Å². The van der Waals surface area contributed by atoms with Crippen LogP contribution in [0.2, 0.25) is 0 Å². The fraction of sp³-hybridized carbons (Fsp3) is 0.938. The summed E-state index contributed by atoms with van der Waals surface area (Å²) in [6.07, 6.45) is 3.96. The first-order valence-electron chi connectivity index (χ1n) is 8.03. The van der Waals surface area contributed by atoms with Gasteiger partial charge in [-0.15, -0.1) is 0 Å². The Morgan fingerprint density at radius 3 is 2.25 bits per heavy atom. The molecule has 1 aliphatic rings. The smallest absolute Gasteiger partial charge is 0.237 e. The normalized spacial score (nSPS) is 27.5. The first kappa shape index (κ1) is 17.4. The third-order valence-electron chi connectivity index (χ3n) is 4.39. The minimum atomic E-state index is -0.505. The van der Waals surface area contributed by atoms with Gasteiger partial charge in [0.05, 0.1) is 5.54 Å². The van der Waals surface area contributed by atoms with Gasteiger partial charge in [-0.05, 0) is 44.6 Å². The Morgan fingerprint density at radius 1 is 1.30 bits per heavy atom. The summed E-state index contributed by atoms with van der Waals surface area (Å²) in [5.74, 6) is 1.10. The number of nitrogens with two attached hydrogens (primary N) is 1. The third kappa shape index (κ3) is 4.45. The Labute approximate surface area is 124 Å². The molecule has 0 heterocycles. The summed E-state index contributed by atoms with van der Waals surface area (Å²) in [7, 11) is 1.86. The van der Waals surface area contributed by atoms with E-state index in [2.05, 4.69) is 37.9 Å². The Balaban J connectivity index is 2.82. The van der Waals surface area contributed by atoms with E-state index >= 15 is 0 Å². The lowest BCUT2D eigenvalue weighted by Gasteiger charge is -2.44. The molecule has 4 nitrogen and oxygen atoms in total. The van der Waals surface area contributed by atoms with Crippen molar-refractivity contribution in [2.45, 2.75) is 65.0 Å². The summed E-state index contributed by atoms with van der Waals surface area (Å²) in [4.78, 5) is 14.4. The first-order chi connectivity index (χ1) is 9.30. The van der Waals surface area contributed by atoms with Gasteiger partial charge in [0.25, 0.3) is 0 Å². The number of likely N-dealkylation sites (N-methyl/N-ethyl adjacent to an activating group) is 1. The summed E-state index contributed by atoms with van der Waals surface area (Å²) in [5.41, 5.74) is 5.15. The fourth-order valence-electron chi connectivity index (χ4n) is 3.44. The van der Waals surface area contributed by atoms with E-state index in [1.165, 1.54) is 6.42 Å². The number of nitrogens with one attached hydrogen (secondary N) is 1. The summed E-state index contributed by atoms with van der Waals surface area (Å²) >= 11 is 0. The molecule has 0 spiro atoms. The number of carbonyl (C=O) groups excluding carboxylic acids is 1. The molecule has 3 N–H and O–H groups in total. The third-order valence-corrected chi connectivity index (χ3v) is 4.39. The predicted octanol–water partition coefficient (Wildman–Crippen LogP) is 1.99. The van der Waals surface area contributed by atoms with Crippen LogP contribution in [0.5, 0.6) is 0 Å². The molecule has 0 aromatic rings. The second kappa shape index (κ2) is 7.41. The standard InChI is InChI=1S/C16H33N3O/c1-12(2)10-19(11-13(3)4)14-7-6-8-16(9-14,18-5)15(17)20/h12-14,18H,6-11H2,1-5H3,(H2,17,20). The predicted molar refractivity (Wildman–Crippen MR) is 84.5 cm³/mol. The molecule has 0 saturated heterocycles. The van der Waals surface area contributed by atoms with Crippen molar-refractivity contribution in [2.24, 2.45) is 17.6 Å². The lowest BCUT2D eigenvalue weighted by Crippen LogP contribution is -2.60. The molecule has 20 heavy (non-hydrogen) atoms. The van der Waals surface area contributed by atoms with E-state index in [9.17, 15) is 4.79 Å². The van der Waals surface area contributed by atoms with Gasteiger partial charge in [0.15, 0.2) is 0 Å². The van der Waals surface area contributed by atoms with Crippen LogP contribution >= 0.6 is 0 Å². The zero-order chi connectivity index (χ0) is 15.3. The Hall–Kier alpha value is -0.610. The highest BCUT2D eigenvalue weighted by molar-refractivity contribution is 5.84. The summed E-state index contributed by atoms with van der Waals surface area (Å²) in [5, 5.41) is 3.21. The van der Waals surface area contributed by atoms with Crippen LogP contribution in [-0.2, 0) is 4.79 Å². The molecule has 0 aromatic carbocycles. The molecule has 1 rings (SSSR count). The van der Waals surface area contributed by atoms with Crippen molar-refractivity contribution in [3.05, 3.63) is 0 Å². The Kier molecular flexibility index (Phi) is 6.46. The molecule has 0 aliphatic heterocycles. The molecular formula is C16H33N3O. The van der Waals surface area contributed by atoms with Gasteiger partial charge in [-0.3, -0.25) is 9.69 Å². The molecule has 1 amide bonds. The number of hydrogen-bond acceptors (Lipinski definition) is 3. The molecule has 1 saturated carbocycles. The van der Waals surface area contributed by atoms with Crippen molar-refractivity contribution in [2.75, 3.05) is 20.1 Å². The van der Waals surface area contributed by atoms with Gasteiger partial charge in [-0.25, -0.2) is 0 Å². The van der Waals surface area contributed by atoms with Crippen LogP contribution in [0.4, 0.5) is 0 Å². The largest absolute Gasteiger partial charge is 0.368 e. The maximum atomic E-state index is 11.9. The van der Waals surface area contributed by atoms with E-state index in [-0.39, 0.29) is 5.91 Å². The van der Waals surface area contributed by atoms with Crippen molar-refractivity contribution < 1.29 is 4.79 Å². The quantitative estimate of drug-likeness (QED) is 0.751. The SMILES string of the molecule is CNC1(C(N)=O)CCCC(N(CC(C)C)CC(C)C)C1. The summed E-state index contributed by atoms with van der Waals surface area (Å²) < 4.78 is 0. The maximum absolute atomic E-state index is 11.9. The molecule has 1 aliphatic carbocycles. The average molecular weight is 283 g/mol. The maximum Gasteiger partial charge on any atom is 0.237 e. The van der Waals surface area contributed by atoms with E-state index in [0.29, 0.717) is 17.9 Å². The zero-order valence-electron chi connectivity index (χ0n) is 13.9. The molecule has 2 atom stereocenters. The van der Waals surface area contributed by atoms with Gasteiger partial charge < -0.3 is 11.1 Å². The molecule has 1 fully saturated rings. The number of hydrogen-bond donors (Lipinski definition) is 2. The molecule has 0 radical (unpaired) electrons. The zero-order valence-corrected chi connectivity index (χ0v) is 13.9. The second-order valence-electron chi connectivity index (χ2n) is 7.19. The average Bonchev–Trinajstić information content (AvgIpc) is 2.36. The highest BCUT2D eigenvalue weighted by atomic mass is 16.1. The van der Waals surface area contributed by atoms with Crippen LogP contribution < -0.4 is 11.1 Å². The van der Waals surface area contributed by atoms with Gasteiger partial charge in [0, 0.05) is 19.1 Å². The number of amides is 1. The van der Waals surface area contributed by atoms with Gasteiger partial charge in [0.2, 0.25) is 5.91 Å². The van der Waals surface area contributed by atoms with E-state index < -0.39 is 5.54 Å². The molecule has 2 unspecified atom stereocenters. The van der Waals surface area contributed by atoms with Crippen LogP contribution in [0, 0.1) is 11.8 Å². The van der Waals surface area contributed by atoms with Gasteiger partial charge in [-0.2, -0.15) is 0 Å². The van der Waals surface area contributed by atoms with E-state index in [0.717, 1.165) is 32.4 Å². The molecule has 4 heteroatoms. The lowest BCUT2D eigenvalue weighted by atomic mass is 9.77. The van der Waals surface area contributed by atoms with Crippen molar-refractivity contribution in [1.29, 1.82) is 0 Å². The van der Waals surface area contributed by atoms with Gasteiger partial charge in [0.1, 0.15) is 0 Å². The van der Waals surface area contributed by atoms with E-state index in [1.54, 1.807) is 0 Å². The number of primary amides is 1. The van der Waals surface area contributed by atoms with Crippen molar-refractivity contribution >= 4 is 5.91 Å². The first-order valence-corrected chi connectivity index (χ1v) is 8.03. The summed E-state index contributed by atoms with van der Waals surface area (Å²) in [6, 6.07) is 0.466. The lowest BCUT2D eigenvalue weighted by molar-refractivity contribution is -0.126. The fourth-order valence-corrected chi connectivity index (χ4v) is 3.44. The van der Waals surface area contributed by atoms with E-state index in [1.807, 2.05) is 7.05 Å². The van der Waals surface area contributed by atoms with Crippen molar-refractivity contribution in [1.82, 2.24) is 10.2 Å². The van der Waals surface area contributed by atoms with Gasteiger partial charge in [-0.1, -0.05) is 27.7 Å². The van der Waals surface area contributed by atoms with Crippen LogP contribution in [0.15, 0.2) is 0 Å². The number of nitrogens with zero attached hydrogens (tertiary/aromatic N) is 1. The highest BCUT2D eigenvalue weighted by Crippen LogP contribution is 2.31. The minimum absolute atomic E-state index is 0.196. The van der Waals surface area contributed by atoms with Crippen LogP contribution in [0.25, 0.3) is 0 Å². The molecule has 118 valence electrons. The molecule has 0 bridgehead atoms. The minimum Gasteiger partial charge on any atom is -0.368 e. The number of carbonyl (C=O) groups is 1. The monoisotopic (exact) mass is 283 g/mol. The van der Waals surface area contributed by atoms with Crippen molar-refractivity contribution in [3.8, 4) is 0 Å². The van der Waals surface area contributed by atoms with Crippen LogP contribution in [-0.4, -0.2) is 42.5 Å². The Bertz CT molecular complexity index is 307. The Morgan fingerprint density at radius 2 is 1.85 bits per heavy atom. The summed E-state index contributed by atoms with van der Waals surface area (Å²) in [6.45, 7) is 11.2. The second-order valence-corrected chi connectivity index (χ2v) is 7.19.